The van der Waals surface area contributed by atoms with Gasteiger partial charge >= 0.3 is 0 Å². The maximum atomic E-state index is 5.82. The summed E-state index contributed by atoms with van der Waals surface area (Å²) in [5.74, 6) is 1.48. The number of aromatic nitrogens is 4. The van der Waals surface area contributed by atoms with Crippen molar-refractivity contribution < 1.29 is 4.74 Å². The molecule has 3 aromatic heterocycles. The molecule has 0 unspecified atom stereocenters. The van der Waals surface area contributed by atoms with Gasteiger partial charge in [-0.2, -0.15) is 5.10 Å². The van der Waals surface area contributed by atoms with Gasteiger partial charge in [-0.15, -0.1) is 0 Å². The number of H-pyrrole nitrogens is 1. The molecule has 0 fully saturated rings. The van der Waals surface area contributed by atoms with Crippen molar-refractivity contribution in [2.45, 2.75) is 6.61 Å². The van der Waals surface area contributed by atoms with Gasteiger partial charge in [0.25, 0.3) is 0 Å². The van der Waals surface area contributed by atoms with Crippen molar-refractivity contribution in [2.24, 2.45) is 0 Å². The molecule has 0 radical (unpaired) electrons. The summed E-state index contributed by atoms with van der Waals surface area (Å²) < 4.78 is 5.67. The van der Waals surface area contributed by atoms with Crippen molar-refractivity contribution in [3.05, 3.63) is 71.9 Å². The number of fused-ring (bicyclic) bond motifs is 1. The van der Waals surface area contributed by atoms with Crippen LogP contribution in [0.5, 0.6) is 5.75 Å². The van der Waals surface area contributed by atoms with E-state index in [0.29, 0.717) is 17.5 Å². The van der Waals surface area contributed by atoms with E-state index in [2.05, 4.69) is 31.5 Å². The summed E-state index contributed by atoms with van der Waals surface area (Å²) in [7, 11) is 0. The molecule has 0 aliphatic heterocycles. The molecule has 0 spiro atoms. The Morgan fingerprint density at radius 3 is 2.84 bits per heavy atom. The van der Waals surface area contributed by atoms with Crippen LogP contribution >= 0.6 is 11.6 Å². The van der Waals surface area contributed by atoms with Gasteiger partial charge in [0.05, 0.1) is 24.3 Å². The van der Waals surface area contributed by atoms with Crippen molar-refractivity contribution in [3.63, 3.8) is 0 Å². The Balaban J connectivity index is 1.57. The number of ether oxygens (including phenoxy) is 1. The van der Waals surface area contributed by atoms with Gasteiger partial charge in [0.2, 0.25) is 0 Å². The minimum Gasteiger partial charge on any atom is -0.486 e. The van der Waals surface area contributed by atoms with E-state index in [0.717, 1.165) is 27.8 Å². The van der Waals surface area contributed by atoms with Crippen molar-refractivity contribution in [1.29, 1.82) is 0 Å². The number of aromatic amines is 1. The van der Waals surface area contributed by atoms with Crippen LogP contribution in [0.2, 0.25) is 5.15 Å². The largest absolute Gasteiger partial charge is 0.486 e. The Kier molecular flexibility index (Phi) is 4.18. The smallest absolute Gasteiger partial charge is 0.157 e. The van der Waals surface area contributed by atoms with E-state index in [9.17, 15) is 0 Å². The molecule has 4 rings (SSSR count). The Hall–Kier alpha value is -3.12. The lowest BCUT2D eigenvalue weighted by Gasteiger charge is -2.10. The first-order valence-electron chi connectivity index (χ1n) is 7.66. The molecule has 0 amide bonds. The van der Waals surface area contributed by atoms with E-state index in [1.807, 2.05) is 24.3 Å². The summed E-state index contributed by atoms with van der Waals surface area (Å²) in [6, 6.07) is 11.7. The summed E-state index contributed by atoms with van der Waals surface area (Å²) in [5.41, 5.74) is 1.90. The topological polar surface area (TPSA) is 75.7 Å². The molecule has 0 aliphatic rings. The lowest BCUT2D eigenvalue weighted by atomic mass is 10.1. The number of nitrogens with one attached hydrogen (secondary N) is 2. The van der Waals surface area contributed by atoms with Crippen LogP contribution in [0.25, 0.3) is 10.8 Å². The summed E-state index contributed by atoms with van der Waals surface area (Å²) in [6.07, 6.45) is 6.81. The highest BCUT2D eigenvalue weighted by Crippen LogP contribution is 2.25. The first kappa shape index (κ1) is 15.4. The molecule has 6 nitrogen and oxygen atoms in total. The zero-order valence-electron chi connectivity index (χ0n) is 13.1. The van der Waals surface area contributed by atoms with Crippen LogP contribution in [-0.2, 0) is 6.61 Å². The Bertz CT molecular complexity index is 986. The number of benzene rings is 1. The van der Waals surface area contributed by atoms with Crippen LogP contribution in [0.4, 0.5) is 11.5 Å². The second-order valence-electron chi connectivity index (χ2n) is 5.43. The molecule has 2 N–H and O–H groups in total. The second-order valence-corrected chi connectivity index (χ2v) is 5.82. The third-order valence-corrected chi connectivity index (χ3v) is 3.92. The Morgan fingerprint density at radius 2 is 2.04 bits per heavy atom. The number of nitrogens with zero attached hydrogens (tertiary/aromatic N) is 3. The normalized spacial score (nSPS) is 10.8. The van der Waals surface area contributed by atoms with Crippen LogP contribution in [0.1, 0.15) is 5.56 Å². The number of anilines is 2. The second kappa shape index (κ2) is 6.78. The van der Waals surface area contributed by atoms with Crippen LogP contribution in [0, 0.1) is 0 Å². The summed E-state index contributed by atoms with van der Waals surface area (Å²) >= 11 is 5.82. The SMILES string of the molecule is Clc1ccc(Nc2nccc3cc(COc4cn[nH]c4)ccc23)cn1. The van der Waals surface area contributed by atoms with Crippen LogP contribution < -0.4 is 10.1 Å². The maximum Gasteiger partial charge on any atom is 0.157 e. The molecule has 3 heterocycles. The van der Waals surface area contributed by atoms with Crippen molar-refractivity contribution in [1.82, 2.24) is 20.2 Å². The highest BCUT2D eigenvalue weighted by Gasteiger charge is 2.05. The van der Waals surface area contributed by atoms with Gasteiger partial charge < -0.3 is 10.1 Å². The average molecular weight is 352 g/mol. The van der Waals surface area contributed by atoms with E-state index in [1.165, 1.54) is 0 Å². The molecule has 0 aliphatic carbocycles. The van der Waals surface area contributed by atoms with Gasteiger partial charge in [0, 0.05) is 11.6 Å². The third-order valence-electron chi connectivity index (χ3n) is 3.70. The molecule has 25 heavy (non-hydrogen) atoms. The van der Waals surface area contributed by atoms with Crippen LogP contribution in [-0.4, -0.2) is 20.2 Å². The van der Waals surface area contributed by atoms with E-state index < -0.39 is 0 Å². The molecule has 0 bridgehead atoms. The minimum atomic E-state index is 0.457. The molecule has 1 aromatic carbocycles. The fourth-order valence-electron chi connectivity index (χ4n) is 2.49. The Labute approximate surface area is 148 Å². The van der Waals surface area contributed by atoms with E-state index >= 15 is 0 Å². The zero-order chi connectivity index (χ0) is 17.1. The van der Waals surface area contributed by atoms with Gasteiger partial charge in [0.1, 0.15) is 17.6 Å². The molecular formula is C18H14ClN5O. The Morgan fingerprint density at radius 1 is 1.08 bits per heavy atom. The zero-order valence-corrected chi connectivity index (χ0v) is 13.9. The van der Waals surface area contributed by atoms with Crippen molar-refractivity contribution in [3.8, 4) is 5.75 Å². The highest BCUT2D eigenvalue weighted by molar-refractivity contribution is 6.29. The molecule has 124 valence electrons. The first-order valence-corrected chi connectivity index (χ1v) is 8.03. The fourth-order valence-corrected chi connectivity index (χ4v) is 2.60. The van der Waals surface area contributed by atoms with Crippen LogP contribution in [0.3, 0.4) is 0 Å². The molecule has 7 heteroatoms. The maximum absolute atomic E-state index is 5.82. The predicted molar refractivity (Wildman–Crippen MR) is 97.2 cm³/mol. The molecule has 4 aromatic rings. The number of rotatable bonds is 5. The average Bonchev–Trinajstić information content (AvgIpc) is 3.15. The molecule has 0 saturated carbocycles. The summed E-state index contributed by atoms with van der Waals surface area (Å²) in [4.78, 5) is 8.49. The minimum absolute atomic E-state index is 0.457. The van der Waals surface area contributed by atoms with Crippen LogP contribution in [0.15, 0.2) is 61.2 Å². The van der Waals surface area contributed by atoms with E-state index in [1.54, 1.807) is 30.9 Å². The van der Waals surface area contributed by atoms with Crippen molar-refractivity contribution >= 4 is 33.9 Å². The lowest BCUT2D eigenvalue weighted by molar-refractivity contribution is 0.306. The third kappa shape index (κ3) is 3.54. The van der Waals surface area contributed by atoms with Gasteiger partial charge in [-0.05, 0) is 35.2 Å². The summed E-state index contributed by atoms with van der Waals surface area (Å²) in [6.45, 7) is 0.474. The number of hydrogen-bond donors (Lipinski definition) is 2. The first-order chi connectivity index (χ1) is 12.3. The highest BCUT2D eigenvalue weighted by atomic mass is 35.5. The lowest BCUT2D eigenvalue weighted by Crippen LogP contribution is -1.97. The van der Waals surface area contributed by atoms with Gasteiger partial charge in [0.15, 0.2) is 5.75 Å². The van der Waals surface area contributed by atoms with Crippen molar-refractivity contribution in [2.75, 3.05) is 5.32 Å². The molecule has 0 atom stereocenters. The predicted octanol–water partition coefficient (Wildman–Crippen LogP) is 4.33. The number of hydrogen-bond acceptors (Lipinski definition) is 5. The monoisotopic (exact) mass is 351 g/mol. The van der Waals surface area contributed by atoms with E-state index in [4.69, 9.17) is 16.3 Å². The molecule has 0 saturated heterocycles. The summed E-state index contributed by atoms with van der Waals surface area (Å²) in [5, 5.41) is 12.4. The number of halogens is 1. The van der Waals surface area contributed by atoms with Gasteiger partial charge in [-0.1, -0.05) is 23.7 Å². The fraction of sp³-hybridized carbons (Fsp3) is 0.0556. The quantitative estimate of drug-likeness (QED) is 0.523. The number of pyridine rings is 2. The molecular weight excluding hydrogens is 338 g/mol. The van der Waals surface area contributed by atoms with Gasteiger partial charge in [-0.3, -0.25) is 5.10 Å². The van der Waals surface area contributed by atoms with Gasteiger partial charge in [-0.25, -0.2) is 9.97 Å². The van der Waals surface area contributed by atoms with E-state index in [-0.39, 0.29) is 0 Å². The standard InChI is InChI=1S/C18H14ClN5O/c19-17-4-2-14(8-21-17)24-18-16-3-1-12(7-13(16)5-6-20-18)11-25-15-9-22-23-10-15/h1-10H,11H2,(H,20,24)(H,22,23).